The van der Waals surface area contributed by atoms with Gasteiger partial charge in [0.05, 0.1) is 5.52 Å². The fraction of sp³-hybridized carbons (Fsp3) is 0.167. The number of para-hydroxylation sites is 1. The fourth-order valence-electron chi connectivity index (χ4n) is 1.70. The normalized spacial score (nSPS) is 11.6. The van der Waals surface area contributed by atoms with Crippen molar-refractivity contribution < 1.29 is 13.2 Å². The summed E-state index contributed by atoms with van der Waals surface area (Å²) in [5, 5.41) is 2.02. The average Bonchev–Trinajstić information content (AvgIpc) is 2.36. The van der Waals surface area contributed by atoms with Crippen molar-refractivity contribution in [3.8, 4) is 0 Å². The van der Waals surface area contributed by atoms with Gasteiger partial charge in [0.1, 0.15) is 4.90 Å². The van der Waals surface area contributed by atoms with Crippen LogP contribution in [0, 0.1) is 0 Å². The smallest absolute Gasteiger partial charge is 0.270 e. The van der Waals surface area contributed by atoms with Gasteiger partial charge in [0.15, 0.2) is 0 Å². The molecule has 0 fully saturated rings. The molecule has 1 heterocycles. The van der Waals surface area contributed by atoms with Crippen molar-refractivity contribution >= 4 is 27.0 Å². The summed E-state index contributed by atoms with van der Waals surface area (Å²) in [5.74, 6) is 0. The molecule has 0 aliphatic heterocycles. The third-order valence-electron chi connectivity index (χ3n) is 2.44. The number of pyridine rings is 1. The summed E-state index contributed by atoms with van der Waals surface area (Å²) in [4.78, 5) is 15.5. The van der Waals surface area contributed by atoms with Gasteiger partial charge < -0.3 is 0 Å². The van der Waals surface area contributed by atoms with Crippen LogP contribution in [0.4, 0.5) is 4.79 Å². The van der Waals surface area contributed by atoms with Gasteiger partial charge in [-0.05, 0) is 12.1 Å². The van der Waals surface area contributed by atoms with Crippen LogP contribution in [0.25, 0.3) is 10.9 Å². The quantitative estimate of drug-likeness (QED) is 0.813. The highest BCUT2D eigenvalue weighted by Crippen LogP contribution is 2.20. The Kier molecular flexibility index (Phi) is 3.86. The summed E-state index contributed by atoms with van der Waals surface area (Å²) in [5.41, 5.74) is 2.62. The van der Waals surface area contributed by atoms with Crippen molar-refractivity contribution in [2.24, 2.45) is 0 Å². The van der Waals surface area contributed by atoms with Crippen LogP contribution in [0.5, 0.6) is 0 Å². The van der Waals surface area contributed by atoms with Crippen LogP contribution in [0.2, 0.25) is 0 Å². The van der Waals surface area contributed by atoms with Crippen molar-refractivity contribution in [3.05, 3.63) is 36.5 Å². The van der Waals surface area contributed by atoms with Crippen LogP contribution in [-0.4, -0.2) is 38.5 Å². The molecular formula is C12H14N4O3S. The summed E-state index contributed by atoms with van der Waals surface area (Å²) in [6, 6.07) is 7.39. The number of hydrogen-bond acceptors (Lipinski definition) is 5. The minimum Gasteiger partial charge on any atom is -0.270 e. The molecule has 0 aliphatic carbocycles. The summed E-state index contributed by atoms with van der Waals surface area (Å²) in [6.07, 6.45) is 1.50. The Morgan fingerprint density at radius 1 is 1.20 bits per heavy atom. The molecule has 2 N–H and O–H groups in total. The van der Waals surface area contributed by atoms with E-state index in [0.717, 1.165) is 0 Å². The Labute approximate surface area is 116 Å². The first kappa shape index (κ1) is 14.2. The van der Waals surface area contributed by atoms with Gasteiger partial charge in [0.25, 0.3) is 10.0 Å². The number of carbonyl (C=O) groups is 1. The zero-order chi connectivity index (χ0) is 14.8. The molecule has 0 bridgehead atoms. The Morgan fingerprint density at radius 3 is 2.60 bits per heavy atom. The zero-order valence-corrected chi connectivity index (χ0v) is 11.8. The number of rotatable bonds is 3. The van der Waals surface area contributed by atoms with Gasteiger partial charge in [-0.2, -0.15) is 0 Å². The summed E-state index contributed by atoms with van der Waals surface area (Å²) in [7, 11) is -0.833. The van der Waals surface area contributed by atoms with Gasteiger partial charge in [-0.15, -0.1) is 0 Å². The molecular weight excluding hydrogens is 280 g/mol. The van der Waals surface area contributed by atoms with E-state index in [0.29, 0.717) is 10.9 Å². The van der Waals surface area contributed by atoms with Crippen LogP contribution in [-0.2, 0) is 10.0 Å². The largest absolute Gasteiger partial charge is 0.343 e. The highest BCUT2D eigenvalue weighted by atomic mass is 32.2. The molecule has 7 nitrogen and oxygen atoms in total. The molecule has 0 aliphatic rings. The van der Waals surface area contributed by atoms with Crippen LogP contribution in [0.3, 0.4) is 0 Å². The predicted molar refractivity (Wildman–Crippen MR) is 74.3 cm³/mol. The number of amides is 2. The van der Waals surface area contributed by atoms with Gasteiger partial charge >= 0.3 is 6.03 Å². The van der Waals surface area contributed by atoms with E-state index in [2.05, 4.69) is 10.4 Å². The minimum atomic E-state index is -3.98. The van der Waals surface area contributed by atoms with Gasteiger partial charge in [0.2, 0.25) is 0 Å². The van der Waals surface area contributed by atoms with Crippen LogP contribution in [0.1, 0.15) is 0 Å². The third kappa shape index (κ3) is 3.03. The standard InChI is InChI=1S/C12H14N4O3S/c1-16(2)14-12(17)15-20(18,19)10-7-3-5-9-6-4-8-13-11(9)10/h3-8H,1-2H3,(H2,14,15,17). The van der Waals surface area contributed by atoms with E-state index < -0.39 is 16.1 Å². The first-order valence-electron chi connectivity index (χ1n) is 5.74. The number of fused-ring (bicyclic) bond motifs is 1. The SMILES string of the molecule is CN(C)NC(=O)NS(=O)(=O)c1cccc2cccnc12. The van der Waals surface area contributed by atoms with Gasteiger partial charge in [-0.1, -0.05) is 18.2 Å². The second-order valence-corrected chi connectivity index (χ2v) is 5.92. The van der Waals surface area contributed by atoms with Gasteiger partial charge in [-0.25, -0.2) is 22.9 Å². The number of urea groups is 1. The number of carbonyl (C=O) groups excluding carboxylic acids is 1. The van der Waals surface area contributed by atoms with Crippen LogP contribution >= 0.6 is 0 Å². The van der Waals surface area contributed by atoms with E-state index in [1.807, 2.05) is 4.72 Å². The monoisotopic (exact) mass is 294 g/mol. The average molecular weight is 294 g/mol. The maximum absolute atomic E-state index is 12.2. The lowest BCUT2D eigenvalue weighted by Crippen LogP contribution is -2.45. The number of aromatic nitrogens is 1. The van der Waals surface area contributed by atoms with Gasteiger partial charge in [-0.3, -0.25) is 10.4 Å². The molecule has 0 unspecified atom stereocenters. The molecule has 1 aromatic heterocycles. The minimum absolute atomic E-state index is 0.0375. The third-order valence-corrected chi connectivity index (χ3v) is 3.80. The summed E-state index contributed by atoms with van der Waals surface area (Å²) < 4.78 is 26.4. The van der Waals surface area contributed by atoms with Gasteiger partial charge in [0, 0.05) is 25.7 Å². The molecule has 2 rings (SSSR count). The van der Waals surface area contributed by atoms with E-state index in [-0.39, 0.29) is 4.90 Å². The molecule has 0 spiro atoms. The molecule has 1 aromatic carbocycles. The Balaban J connectivity index is 2.40. The van der Waals surface area contributed by atoms with Crippen molar-refractivity contribution in [1.29, 1.82) is 0 Å². The van der Waals surface area contributed by atoms with Crippen LogP contribution < -0.4 is 10.1 Å². The van der Waals surface area contributed by atoms with E-state index in [1.54, 1.807) is 38.4 Å². The first-order chi connectivity index (χ1) is 9.40. The number of hydrazine groups is 1. The number of benzene rings is 1. The number of nitrogens with one attached hydrogen (secondary N) is 2. The second kappa shape index (κ2) is 5.43. The molecule has 2 aromatic rings. The second-order valence-electron chi connectivity index (χ2n) is 4.27. The maximum Gasteiger partial charge on any atom is 0.343 e. The van der Waals surface area contributed by atoms with E-state index >= 15 is 0 Å². The molecule has 2 amide bonds. The fourth-order valence-corrected chi connectivity index (χ4v) is 2.78. The Bertz CT molecular complexity index is 738. The molecule has 8 heteroatoms. The van der Waals surface area contributed by atoms with E-state index in [9.17, 15) is 13.2 Å². The molecule has 0 saturated heterocycles. The first-order valence-corrected chi connectivity index (χ1v) is 7.23. The Hall–Kier alpha value is -2.19. The van der Waals surface area contributed by atoms with Crippen molar-refractivity contribution in [2.45, 2.75) is 4.90 Å². The van der Waals surface area contributed by atoms with Crippen molar-refractivity contribution in [3.63, 3.8) is 0 Å². The lowest BCUT2D eigenvalue weighted by Gasteiger charge is -2.13. The molecule has 20 heavy (non-hydrogen) atoms. The highest BCUT2D eigenvalue weighted by molar-refractivity contribution is 7.90. The molecule has 0 saturated carbocycles. The maximum atomic E-state index is 12.2. The van der Waals surface area contributed by atoms with Crippen molar-refractivity contribution in [1.82, 2.24) is 20.1 Å². The number of nitrogens with zero attached hydrogens (tertiary/aromatic N) is 2. The highest BCUT2D eigenvalue weighted by Gasteiger charge is 2.20. The van der Waals surface area contributed by atoms with Crippen molar-refractivity contribution in [2.75, 3.05) is 14.1 Å². The topological polar surface area (TPSA) is 91.4 Å². The van der Waals surface area contributed by atoms with E-state index in [4.69, 9.17) is 0 Å². The zero-order valence-electron chi connectivity index (χ0n) is 11.0. The molecule has 0 atom stereocenters. The number of sulfonamides is 1. The number of hydrogen-bond donors (Lipinski definition) is 2. The summed E-state index contributed by atoms with van der Waals surface area (Å²) in [6.45, 7) is 0. The lowest BCUT2D eigenvalue weighted by atomic mass is 10.2. The predicted octanol–water partition coefficient (Wildman–Crippen LogP) is 0.699. The summed E-state index contributed by atoms with van der Waals surface area (Å²) >= 11 is 0. The molecule has 0 radical (unpaired) electrons. The van der Waals surface area contributed by atoms with Crippen LogP contribution in [0.15, 0.2) is 41.4 Å². The Morgan fingerprint density at radius 2 is 1.90 bits per heavy atom. The molecule has 106 valence electrons. The lowest BCUT2D eigenvalue weighted by molar-refractivity contribution is 0.217. The van der Waals surface area contributed by atoms with E-state index in [1.165, 1.54) is 17.3 Å².